The molecule has 0 aliphatic carbocycles. The Morgan fingerprint density at radius 1 is 1.12 bits per heavy atom. The van der Waals surface area contributed by atoms with Crippen LogP contribution in [0.2, 0.25) is 0 Å². The summed E-state index contributed by atoms with van der Waals surface area (Å²) in [5.41, 5.74) is 1.45. The van der Waals surface area contributed by atoms with Crippen LogP contribution in [-0.4, -0.2) is 105 Å². The summed E-state index contributed by atoms with van der Waals surface area (Å²) in [6.07, 6.45) is -3.04. The molecular formula is C28H33F3N2O8. The number of carbonyl (C=O) groups is 2. The van der Waals surface area contributed by atoms with Gasteiger partial charge >= 0.3 is 12.1 Å². The number of β-amino-alcohol motifs (C(OH)–C–C–N with tert-alkyl or cyclic N) is 2. The number of carboxylic acid groups (broad SMARTS) is 1. The fraction of sp³-hybridized carbons (Fsp3) is 0.500. The smallest absolute Gasteiger partial charge is 0.490 e. The lowest BCUT2D eigenvalue weighted by Gasteiger charge is -2.39. The molecule has 4 N–H and O–H groups in total. The zero-order valence-electron chi connectivity index (χ0n) is 22.2. The Kier molecular flexibility index (Phi) is 9.30. The molecule has 5 rings (SSSR count). The van der Waals surface area contributed by atoms with Gasteiger partial charge in [0.05, 0.1) is 11.7 Å². The highest BCUT2D eigenvalue weighted by atomic mass is 19.4. The summed E-state index contributed by atoms with van der Waals surface area (Å²) in [5.74, 6) is -1.79. The number of rotatable bonds is 6. The van der Waals surface area contributed by atoms with Crippen LogP contribution in [0.1, 0.15) is 35.2 Å². The summed E-state index contributed by atoms with van der Waals surface area (Å²) in [4.78, 5) is 25.5. The number of aliphatic hydroxyl groups is 2. The number of phenols is 1. The van der Waals surface area contributed by atoms with E-state index in [2.05, 4.69) is 11.0 Å². The zero-order valence-corrected chi connectivity index (χ0v) is 22.2. The van der Waals surface area contributed by atoms with Crippen LogP contribution < -0.4 is 9.47 Å². The van der Waals surface area contributed by atoms with Crippen molar-refractivity contribution in [3.8, 4) is 17.2 Å². The van der Waals surface area contributed by atoms with Gasteiger partial charge in [0.15, 0.2) is 0 Å². The molecule has 1 spiro atoms. The van der Waals surface area contributed by atoms with Crippen LogP contribution >= 0.6 is 0 Å². The second kappa shape index (κ2) is 12.5. The summed E-state index contributed by atoms with van der Waals surface area (Å²) in [6, 6.07) is 12.6. The van der Waals surface area contributed by atoms with Crippen molar-refractivity contribution in [2.24, 2.45) is 0 Å². The Morgan fingerprint density at radius 2 is 1.80 bits per heavy atom. The van der Waals surface area contributed by atoms with Crippen molar-refractivity contribution in [2.45, 2.75) is 49.7 Å². The number of carboxylic acids is 1. The van der Waals surface area contributed by atoms with E-state index >= 15 is 0 Å². The molecule has 3 aliphatic heterocycles. The quantitative estimate of drug-likeness (QED) is 0.404. The normalized spacial score (nSPS) is 20.5. The first-order valence-electron chi connectivity index (χ1n) is 13.3. The van der Waals surface area contributed by atoms with Crippen molar-refractivity contribution >= 4 is 11.9 Å². The molecule has 3 aliphatic rings. The summed E-state index contributed by atoms with van der Waals surface area (Å²) in [7, 11) is 0. The SMILES string of the molecule is O=C(O)C(F)(F)F.O=C(c1ccc(O)cc1OC[C@@H](O)CN1CCC2(CC1)Cc1ccccc1O2)N1CC[C@H](O)C1. The summed E-state index contributed by atoms with van der Waals surface area (Å²) in [5, 5.41) is 37.4. The van der Waals surface area contributed by atoms with Gasteiger partial charge in [-0.1, -0.05) is 18.2 Å². The predicted octanol–water partition coefficient (Wildman–Crippen LogP) is 2.44. The average Bonchev–Trinajstić information content (AvgIpc) is 3.51. The van der Waals surface area contributed by atoms with Crippen LogP contribution in [0.5, 0.6) is 17.2 Å². The van der Waals surface area contributed by atoms with Gasteiger partial charge in [0.2, 0.25) is 0 Å². The molecule has 41 heavy (non-hydrogen) atoms. The molecule has 0 bridgehead atoms. The van der Waals surface area contributed by atoms with E-state index in [0.717, 1.165) is 38.1 Å². The van der Waals surface area contributed by atoms with E-state index in [0.29, 0.717) is 25.1 Å². The number of para-hydroxylation sites is 1. The Balaban J connectivity index is 0.000000493. The molecule has 2 aromatic carbocycles. The first-order valence-corrected chi connectivity index (χ1v) is 13.3. The number of aromatic hydroxyl groups is 1. The van der Waals surface area contributed by atoms with Crippen LogP contribution in [0.25, 0.3) is 0 Å². The van der Waals surface area contributed by atoms with E-state index in [1.54, 1.807) is 4.90 Å². The maximum Gasteiger partial charge on any atom is 0.490 e. The van der Waals surface area contributed by atoms with E-state index in [1.807, 2.05) is 18.2 Å². The molecule has 2 fully saturated rings. The van der Waals surface area contributed by atoms with Crippen molar-refractivity contribution in [3.05, 3.63) is 53.6 Å². The van der Waals surface area contributed by atoms with Gasteiger partial charge < -0.3 is 39.7 Å². The van der Waals surface area contributed by atoms with Gasteiger partial charge in [-0.05, 0) is 30.2 Å². The number of aliphatic hydroxyl groups excluding tert-OH is 2. The van der Waals surface area contributed by atoms with E-state index < -0.39 is 24.4 Å². The first-order chi connectivity index (χ1) is 19.3. The summed E-state index contributed by atoms with van der Waals surface area (Å²) >= 11 is 0. The Labute approximate surface area is 234 Å². The van der Waals surface area contributed by atoms with Gasteiger partial charge in [-0.2, -0.15) is 13.2 Å². The third-order valence-electron chi connectivity index (χ3n) is 7.37. The highest BCUT2D eigenvalue weighted by Crippen LogP contribution is 2.40. The Hall–Kier alpha value is -3.55. The summed E-state index contributed by atoms with van der Waals surface area (Å²) < 4.78 is 43.8. The molecule has 10 nitrogen and oxygen atoms in total. The molecule has 0 saturated carbocycles. The van der Waals surface area contributed by atoms with Gasteiger partial charge in [-0.3, -0.25) is 4.79 Å². The predicted molar refractivity (Wildman–Crippen MR) is 139 cm³/mol. The minimum absolute atomic E-state index is 0.00986. The molecule has 2 atom stereocenters. The minimum atomic E-state index is -5.08. The van der Waals surface area contributed by atoms with Crippen molar-refractivity contribution in [1.29, 1.82) is 0 Å². The van der Waals surface area contributed by atoms with E-state index in [1.165, 1.54) is 23.8 Å². The number of amides is 1. The van der Waals surface area contributed by atoms with Crippen LogP contribution in [0.15, 0.2) is 42.5 Å². The number of fused-ring (bicyclic) bond motifs is 1. The third-order valence-corrected chi connectivity index (χ3v) is 7.37. The number of ether oxygens (including phenoxy) is 2. The number of halogens is 3. The number of piperidine rings is 1. The first kappa shape index (κ1) is 30.4. The molecule has 13 heteroatoms. The number of aliphatic carboxylic acids is 1. The molecule has 2 saturated heterocycles. The van der Waals surface area contributed by atoms with Crippen LogP contribution in [-0.2, 0) is 11.2 Å². The zero-order chi connectivity index (χ0) is 29.8. The Morgan fingerprint density at radius 3 is 2.41 bits per heavy atom. The molecule has 0 radical (unpaired) electrons. The number of likely N-dealkylation sites (tertiary alicyclic amines) is 2. The number of hydrogen-bond donors (Lipinski definition) is 4. The lowest BCUT2D eigenvalue weighted by Crippen LogP contribution is -2.49. The van der Waals surface area contributed by atoms with Gasteiger partial charge in [0.25, 0.3) is 5.91 Å². The monoisotopic (exact) mass is 582 g/mol. The third kappa shape index (κ3) is 7.80. The topological polar surface area (TPSA) is 140 Å². The number of benzene rings is 2. The largest absolute Gasteiger partial charge is 0.508 e. The lowest BCUT2D eigenvalue weighted by atomic mass is 9.87. The molecule has 0 unspecified atom stereocenters. The standard InChI is InChI=1S/C26H32N2O6.C2HF3O2/c29-19-5-6-22(25(32)28-10-7-20(30)16-28)24(13-19)33-17-21(31)15-27-11-8-26(9-12-27)14-18-3-1-2-4-23(18)34-26;3-2(4,5)1(6)7/h1-6,13,20-21,29-31H,7-12,14-17H2;(H,6,7)/t20-,21-;/m0./s1. The van der Waals surface area contributed by atoms with E-state index in [9.17, 15) is 33.3 Å². The fourth-order valence-electron chi connectivity index (χ4n) is 5.23. The second-order valence-corrected chi connectivity index (χ2v) is 10.5. The number of hydrogen-bond acceptors (Lipinski definition) is 8. The minimum Gasteiger partial charge on any atom is -0.508 e. The van der Waals surface area contributed by atoms with Crippen LogP contribution in [0.4, 0.5) is 13.2 Å². The molecule has 3 heterocycles. The van der Waals surface area contributed by atoms with Gasteiger partial charge in [0.1, 0.15) is 35.6 Å². The highest BCUT2D eigenvalue weighted by molar-refractivity contribution is 5.97. The summed E-state index contributed by atoms with van der Waals surface area (Å²) in [6.45, 7) is 2.90. The molecule has 2 aromatic rings. The van der Waals surface area contributed by atoms with Gasteiger partial charge in [-0.15, -0.1) is 0 Å². The number of nitrogens with zero attached hydrogens (tertiary/aromatic N) is 2. The average molecular weight is 583 g/mol. The lowest BCUT2D eigenvalue weighted by molar-refractivity contribution is -0.192. The van der Waals surface area contributed by atoms with Crippen LogP contribution in [0.3, 0.4) is 0 Å². The fourth-order valence-corrected chi connectivity index (χ4v) is 5.23. The molecule has 1 amide bonds. The maximum atomic E-state index is 12.9. The highest BCUT2D eigenvalue weighted by Gasteiger charge is 2.42. The van der Waals surface area contributed by atoms with Crippen molar-refractivity contribution in [1.82, 2.24) is 9.80 Å². The Bertz CT molecular complexity index is 1210. The van der Waals surface area contributed by atoms with E-state index in [-0.39, 0.29) is 36.2 Å². The van der Waals surface area contributed by atoms with Crippen molar-refractivity contribution < 1.29 is 52.7 Å². The molecule has 224 valence electrons. The number of alkyl halides is 3. The van der Waals surface area contributed by atoms with Gasteiger partial charge in [0, 0.05) is 58.1 Å². The van der Waals surface area contributed by atoms with Gasteiger partial charge in [-0.25, -0.2) is 4.79 Å². The maximum absolute atomic E-state index is 12.9. The number of phenolic OH excluding ortho intramolecular Hbond substituents is 1. The second-order valence-electron chi connectivity index (χ2n) is 10.5. The van der Waals surface area contributed by atoms with Crippen molar-refractivity contribution in [2.75, 3.05) is 39.3 Å². The van der Waals surface area contributed by atoms with Crippen molar-refractivity contribution in [3.63, 3.8) is 0 Å². The van der Waals surface area contributed by atoms with Crippen LogP contribution in [0, 0.1) is 0 Å². The molecular weight excluding hydrogens is 549 g/mol. The van der Waals surface area contributed by atoms with E-state index in [4.69, 9.17) is 19.4 Å². The molecule has 0 aromatic heterocycles. The number of carbonyl (C=O) groups excluding carboxylic acids is 1.